The highest BCUT2D eigenvalue weighted by molar-refractivity contribution is 7.99. The van der Waals surface area contributed by atoms with Crippen molar-refractivity contribution in [2.75, 3.05) is 12.4 Å². The fourth-order valence-electron chi connectivity index (χ4n) is 2.76. The Morgan fingerprint density at radius 3 is 2.62 bits per heavy atom. The molecule has 0 bridgehead atoms. The number of furan rings is 1. The van der Waals surface area contributed by atoms with Gasteiger partial charge in [-0.1, -0.05) is 35.5 Å². The quantitative estimate of drug-likeness (QED) is 0.271. The summed E-state index contributed by atoms with van der Waals surface area (Å²) in [4.78, 5) is 0. The Bertz CT molecular complexity index is 1070. The molecule has 0 aliphatic heterocycles. The van der Waals surface area contributed by atoms with Crippen LogP contribution in [-0.2, 0) is 6.54 Å². The highest BCUT2D eigenvalue weighted by atomic mass is 35.5. The number of aromatic nitrogens is 3. The van der Waals surface area contributed by atoms with E-state index in [1.54, 1.807) is 24.5 Å². The maximum Gasteiger partial charge on any atom is 0.192 e. The van der Waals surface area contributed by atoms with Gasteiger partial charge in [-0.05, 0) is 48.5 Å². The van der Waals surface area contributed by atoms with Gasteiger partial charge in [-0.25, -0.2) is 4.39 Å². The average Bonchev–Trinajstić information content (AvgIpc) is 3.38. The van der Waals surface area contributed by atoms with E-state index in [0.29, 0.717) is 23.9 Å². The van der Waals surface area contributed by atoms with Gasteiger partial charge in [0.05, 0.1) is 19.4 Å². The summed E-state index contributed by atoms with van der Waals surface area (Å²) in [7, 11) is 0. The van der Waals surface area contributed by atoms with E-state index in [0.717, 1.165) is 22.3 Å². The molecule has 0 saturated carbocycles. The third kappa shape index (κ3) is 4.81. The molecule has 0 amide bonds. The minimum absolute atomic E-state index is 0.243. The second-order valence-corrected chi connectivity index (χ2v) is 7.60. The minimum atomic E-state index is -0.372. The molecule has 0 unspecified atom stereocenters. The van der Waals surface area contributed by atoms with Gasteiger partial charge in [0.15, 0.2) is 22.5 Å². The number of para-hydroxylation sites is 1. The minimum Gasteiger partial charge on any atom is -0.490 e. The van der Waals surface area contributed by atoms with Crippen LogP contribution in [0.2, 0.25) is 5.02 Å². The van der Waals surface area contributed by atoms with Gasteiger partial charge in [-0.2, -0.15) is 0 Å². The average molecular weight is 430 g/mol. The summed E-state index contributed by atoms with van der Waals surface area (Å²) in [6.07, 6.45) is 1.64. The monoisotopic (exact) mass is 429 g/mol. The number of rotatable bonds is 8. The Kier molecular flexibility index (Phi) is 6.17. The summed E-state index contributed by atoms with van der Waals surface area (Å²) in [6, 6.07) is 17.5. The summed E-state index contributed by atoms with van der Waals surface area (Å²) in [5, 5.41) is 10.1. The van der Waals surface area contributed by atoms with Crippen molar-refractivity contribution in [3.8, 4) is 17.1 Å². The summed E-state index contributed by atoms with van der Waals surface area (Å²) in [6.45, 7) is 0.837. The van der Waals surface area contributed by atoms with Gasteiger partial charge >= 0.3 is 0 Å². The van der Waals surface area contributed by atoms with Crippen LogP contribution in [0.25, 0.3) is 11.4 Å². The molecular weight excluding hydrogens is 413 g/mol. The van der Waals surface area contributed by atoms with Crippen LogP contribution < -0.4 is 4.74 Å². The lowest BCUT2D eigenvalue weighted by Crippen LogP contribution is -2.06. The fraction of sp³-hybridized carbons (Fsp3) is 0.143. The topological polar surface area (TPSA) is 53.1 Å². The molecule has 5 nitrogen and oxygen atoms in total. The van der Waals surface area contributed by atoms with Crippen molar-refractivity contribution in [1.82, 2.24) is 14.8 Å². The molecule has 0 radical (unpaired) electrons. The van der Waals surface area contributed by atoms with E-state index >= 15 is 0 Å². The van der Waals surface area contributed by atoms with Gasteiger partial charge < -0.3 is 9.15 Å². The predicted molar refractivity (Wildman–Crippen MR) is 111 cm³/mol. The van der Waals surface area contributed by atoms with E-state index in [2.05, 4.69) is 10.2 Å². The van der Waals surface area contributed by atoms with E-state index in [1.807, 2.05) is 41.0 Å². The van der Waals surface area contributed by atoms with Crippen molar-refractivity contribution in [3.05, 3.63) is 83.5 Å². The van der Waals surface area contributed by atoms with Crippen LogP contribution in [0, 0.1) is 5.82 Å². The Labute approximate surface area is 176 Å². The van der Waals surface area contributed by atoms with Crippen LogP contribution in [-0.4, -0.2) is 27.1 Å². The van der Waals surface area contributed by atoms with Gasteiger partial charge in [0.25, 0.3) is 0 Å². The lowest BCUT2D eigenvalue weighted by molar-refractivity contribution is 0.325. The zero-order chi connectivity index (χ0) is 20.1. The maximum absolute atomic E-state index is 13.7. The lowest BCUT2D eigenvalue weighted by Gasteiger charge is -2.10. The molecule has 2 heterocycles. The fourth-order valence-corrected chi connectivity index (χ4v) is 3.64. The molecule has 0 N–H and O–H groups in total. The zero-order valence-corrected chi connectivity index (χ0v) is 16.9. The van der Waals surface area contributed by atoms with Crippen LogP contribution in [0.4, 0.5) is 4.39 Å². The van der Waals surface area contributed by atoms with E-state index in [9.17, 15) is 4.39 Å². The highest BCUT2D eigenvalue weighted by Crippen LogP contribution is 2.26. The van der Waals surface area contributed by atoms with Crippen LogP contribution in [0.3, 0.4) is 0 Å². The molecule has 0 aliphatic rings. The van der Waals surface area contributed by atoms with E-state index < -0.39 is 0 Å². The first kappa shape index (κ1) is 19.5. The third-order valence-electron chi connectivity index (χ3n) is 4.12. The molecule has 29 heavy (non-hydrogen) atoms. The summed E-state index contributed by atoms with van der Waals surface area (Å²) >= 11 is 7.49. The maximum atomic E-state index is 13.7. The molecule has 4 aromatic rings. The number of hydrogen-bond donors (Lipinski definition) is 0. The van der Waals surface area contributed by atoms with Crippen LogP contribution in [0.5, 0.6) is 5.75 Å². The highest BCUT2D eigenvalue weighted by Gasteiger charge is 2.16. The summed E-state index contributed by atoms with van der Waals surface area (Å²) in [5.74, 6) is 1.97. The number of halogens is 2. The Morgan fingerprint density at radius 1 is 1.03 bits per heavy atom. The first-order chi connectivity index (χ1) is 14.2. The molecule has 0 aliphatic carbocycles. The Hall–Kier alpha value is -2.77. The van der Waals surface area contributed by atoms with Crippen LogP contribution in [0.15, 0.2) is 76.5 Å². The van der Waals surface area contributed by atoms with Gasteiger partial charge in [0, 0.05) is 16.3 Å². The van der Waals surface area contributed by atoms with Crippen LogP contribution >= 0.6 is 23.4 Å². The predicted octanol–water partition coefficient (Wildman–Crippen LogP) is 5.55. The first-order valence-corrected chi connectivity index (χ1v) is 10.3. The molecule has 8 heteroatoms. The van der Waals surface area contributed by atoms with Crippen molar-refractivity contribution in [3.63, 3.8) is 0 Å². The molecule has 4 rings (SSSR count). The zero-order valence-electron chi connectivity index (χ0n) is 15.3. The van der Waals surface area contributed by atoms with Gasteiger partial charge in [-0.3, -0.25) is 4.57 Å². The summed E-state index contributed by atoms with van der Waals surface area (Å²) < 4.78 is 26.7. The van der Waals surface area contributed by atoms with Crippen LogP contribution in [0.1, 0.15) is 5.76 Å². The second kappa shape index (κ2) is 9.15. The number of benzene rings is 2. The Balaban J connectivity index is 1.50. The number of hydrogen-bond acceptors (Lipinski definition) is 5. The number of nitrogens with zero attached hydrogens (tertiary/aromatic N) is 3. The number of thioether (sulfide) groups is 1. The lowest BCUT2D eigenvalue weighted by atomic mass is 10.2. The smallest absolute Gasteiger partial charge is 0.192 e. The standard InChI is InChI=1S/C21H17ClFN3O2S/c22-16-9-7-15(8-10-16)20-24-25-21(26(20)14-17-4-3-11-27-17)29-13-12-28-19-6-2-1-5-18(19)23/h1-11H,12-14H2. The van der Waals surface area contributed by atoms with Crippen molar-refractivity contribution >= 4 is 23.4 Å². The van der Waals surface area contributed by atoms with Gasteiger partial charge in [-0.15, -0.1) is 10.2 Å². The summed E-state index contributed by atoms with van der Waals surface area (Å²) in [5.41, 5.74) is 0.905. The second-order valence-electron chi connectivity index (χ2n) is 6.11. The third-order valence-corrected chi connectivity index (χ3v) is 5.31. The molecular formula is C21H17ClFN3O2S. The van der Waals surface area contributed by atoms with Crippen molar-refractivity contribution in [1.29, 1.82) is 0 Å². The molecule has 2 aromatic carbocycles. The van der Waals surface area contributed by atoms with Gasteiger partial charge in [0.1, 0.15) is 5.76 Å². The molecule has 0 saturated heterocycles. The largest absolute Gasteiger partial charge is 0.490 e. The molecule has 0 fully saturated rings. The van der Waals surface area contributed by atoms with E-state index in [-0.39, 0.29) is 11.6 Å². The first-order valence-electron chi connectivity index (χ1n) is 8.92. The molecule has 0 spiro atoms. The molecule has 148 valence electrons. The van der Waals surface area contributed by atoms with E-state index in [4.69, 9.17) is 20.8 Å². The van der Waals surface area contributed by atoms with E-state index in [1.165, 1.54) is 17.8 Å². The molecule has 2 aromatic heterocycles. The SMILES string of the molecule is Fc1ccccc1OCCSc1nnc(-c2ccc(Cl)cc2)n1Cc1ccco1. The van der Waals surface area contributed by atoms with Crippen molar-refractivity contribution < 1.29 is 13.5 Å². The normalized spacial score (nSPS) is 11.0. The molecule has 0 atom stereocenters. The van der Waals surface area contributed by atoms with Gasteiger partial charge in [0.2, 0.25) is 0 Å². The van der Waals surface area contributed by atoms with Crippen molar-refractivity contribution in [2.24, 2.45) is 0 Å². The Morgan fingerprint density at radius 2 is 1.86 bits per heavy atom. The van der Waals surface area contributed by atoms with Crippen molar-refractivity contribution in [2.45, 2.75) is 11.7 Å². The number of ether oxygens (including phenoxy) is 1.